The van der Waals surface area contributed by atoms with Crippen molar-refractivity contribution in [2.45, 2.75) is 32.4 Å². The molecule has 0 saturated carbocycles. The summed E-state index contributed by atoms with van der Waals surface area (Å²) in [4.78, 5) is 13.6. The molecule has 2 aliphatic heterocycles. The molecule has 1 aromatic carbocycles. The fourth-order valence-electron chi connectivity index (χ4n) is 4.31. The number of hydrogen-bond acceptors (Lipinski definition) is 6. The Morgan fingerprint density at radius 2 is 1.89 bits per heavy atom. The van der Waals surface area contributed by atoms with E-state index in [1.807, 2.05) is 11.3 Å². The van der Waals surface area contributed by atoms with Gasteiger partial charge in [-0.15, -0.1) is 11.3 Å². The molecule has 0 N–H and O–H groups in total. The van der Waals surface area contributed by atoms with Gasteiger partial charge < -0.3 is 9.64 Å². The van der Waals surface area contributed by atoms with Crippen LogP contribution in [0.4, 0.5) is 5.69 Å². The molecule has 0 amide bonds. The van der Waals surface area contributed by atoms with E-state index in [1.54, 1.807) is 7.11 Å². The Bertz CT molecular complexity index is 724. The maximum atomic E-state index is 5.27. The zero-order chi connectivity index (χ0) is 18.6. The second-order valence-electron chi connectivity index (χ2n) is 7.60. The van der Waals surface area contributed by atoms with E-state index in [0.717, 1.165) is 38.5 Å². The number of anilines is 1. The molecule has 0 aliphatic carbocycles. The number of hydrogen-bond donors (Lipinski definition) is 0. The number of piperazine rings is 1. The van der Waals surface area contributed by atoms with Crippen LogP contribution in [0.25, 0.3) is 0 Å². The van der Waals surface area contributed by atoms with Gasteiger partial charge in [-0.3, -0.25) is 9.80 Å². The molecule has 2 saturated heterocycles. The molecule has 1 atom stereocenters. The Balaban J connectivity index is 1.29. The van der Waals surface area contributed by atoms with Crippen molar-refractivity contribution in [2.75, 3.05) is 51.3 Å². The van der Waals surface area contributed by atoms with E-state index in [4.69, 9.17) is 4.74 Å². The zero-order valence-corrected chi connectivity index (χ0v) is 17.2. The monoisotopic (exact) mass is 386 g/mol. The lowest BCUT2D eigenvalue weighted by atomic mass is 10.0. The molecule has 6 heteroatoms. The van der Waals surface area contributed by atoms with Crippen molar-refractivity contribution in [3.05, 3.63) is 40.3 Å². The molecule has 5 nitrogen and oxygen atoms in total. The Morgan fingerprint density at radius 1 is 1.11 bits per heavy atom. The molecule has 1 aromatic heterocycles. The van der Waals surface area contributed by atoms with E-state index in [1.165, 1.54) is 41.5 Å². The van der Waals surface area contributed by atoms with Crippen LogP contribution in [0.2, 0.25) is 0 Å². The third-order valence-corrected chi connectivity index (χ3v) is 6.69. The standard InChI is InChI=1S/C21H30N4OS/c1-17-22-14-21(27-17)16-23-9-3-4-19(15-23)25-12-10-24(11-13-25)18-5-7-20(26-2)8-6-18/h5-8,14,19H,3-4,9-13,15-16H2,1-2H3/t19-/m0/s1. The third kappa shape index (κ3) is 4.62. The third-order valence-electron chi connectivity index (χ3n) is 5.80. The molecule has 3 heterocycles. The van der Waals surface area contributed by atoms with Crippen LogP contribution < -0.4 is 9.64 Å². The van der Waals surface area contributed by atoms with Crippen molar-refractivity contribution in [1.82, 2.24) is 14.8 Å². The lowest BCUT2D eigenvalue weighted by Crippen LogP contribution is -2.55. The molecule has 0 unspecified atom stereocenters. The largest absolute Gasteiger partial charge is 0.497 e. The van der Waals surface area contributed by atoms with Gasteiger partial charge in [-0.1, -0.05) is 0 Å². The van der Waals surface area contributed by atoms with Crippen LogP contribution in [-0.2, 0) is 6.54 Å². The van der Waals surface area contributed by atoms with Crippen molar-refractivity contribution in [3.63, 3.8) is 0 Å². The van der Waals surface area contributed by atoms with Gasteiger partial charge >= 0.3 is 0 Å². The highest BCUT2D eigenvalue weighted by Crippen LogP contribution is 2.24. The summed E-state index contributed by atoms with van der Waals surface area (Å²) in [5.41, 5.74) is 1.31. The number of piperidine rings is 1. The van der Waals surface area contributed by atoms with Crippen molar-refractivity contribution < 1.29 is 4.74 Å². The second kappa shape index (κ2) is 8.59. The van der Waals surface area contributed by atoms with Gasteiger partial charge in [0.1, 0.15) is 5.75 Å². The second-order valence-corrected chi connectivity index (χ2v) is 8.92. The van der Waals surface area contributed by atoms with Crippen LogP contribution >= 0.6 is 11.3 Å². The number of benzene rings is 1. The fourth-order valence-corrected chi connectivity index (χ4v) is 5.15. The normalized spacial score (nSPS) is 22.1. The summed E-state index contributed by atoms with van der Waals surface area (Å²) in [6.07, 6.45) is 4.69. The van der Waals surface area contributed by atoms with Gasteiger partial charge in [-0.05, 0) is 50.6 Å². The van der Waals surface area contributed by atoms with Gasteiger partial charge in [-0.25, -0.2) is 4.98 Å². The Kier molecular flexibility index (Phi) is 5.95. The van der Waals surface area contributed by atoms with Gasteiger partial charge in [0.25, 0.3) is 0 Å². The van der Waals surface area contributed by atoms with Gasteiger partial charge in [0.15, 0.2) is 0 Å². The highest BCUT2D eigenvalue weighted by atomic mass is 32.1. The highest BCUT2D eigenvalue weighted by Gasteiger charge is 2.28. The minimum absolute atomic E-state index is 0.700. The number of aromatic nitrogens is 1. The minimum atomic E-state index is 0.700. The predicted octanol–water partition coefficient (Wildman–Crippen LogP) is 3.25. The summed E-state index contributed by atoms with van der Waals surface area (Å²) in [6, 6.07) is 9.16. The summed E-state index contributed by atoms with van der Waals surface area (Å²) >= 11 is 1.84. The molecule has 0 radical (unpaired) electrons. The molecule has 4 rings (SSSR count). The van der Waals surface area contributed by atoms with Gasteiger partial charge in [0.05, 0.1) is 12.1 Å². The topological polar surface area (TPSA) is 31.8 Å². The molecule has 2 aliphatic rings. The van der Waals surface area contributed by atoms with Crippen molar-refractivity contribution in [3.8, 4) is 5.75 Å². The number of aryl methyl sites for hydroxylation is 1. The van der Waals surface area contributed by atoms with Gasteiger partial charge in [-0.2, -0.15) is 0 Å². The minimum Gasteiger partial charge on any atom is -0.497 e. The van der Waals surface area contributed by atoms with Crippen LogP contribution in [-0.4, -0.2) is 67.2 Å². The zero-order valence-electron chi connectivity index (χ0n) is 16.4. The number of methoxy groups -OCH3 is 1. The van der Waals surface area contributed by atoms with E-state index in [2.05, 4.69) is 57.1 Å². The van der Waals surface area contributed by atoms with E-state index < -0.39 is 0 Å². The lowest BCUT2D eigenvalue weighted by molar-refractivity contribution is 0.0893. The van der Waals surface area contributed by atoms with Crippen LogP contribution in [0, 0.1) is 6.92 Å². The van der Waals surface area contributed by atoms with E-state index >= 15 is 0 Å². The summed E-state index contributed by atoms with van der Waals surface area (Å²) < 4.78 is 5.27. The summed E-state index contributed by atoms with van der Waals surface area (Å²) in [5, 5.41) is 1.17. The molecule has 146 valence electrons. The average Bonchev–Trinajstić information content (AvgIpc) is 3.13. The number of ether oxygens (including phenoxy) is 1. The first-order valence-corrected chi connectivity index (χ1v) is 10.8. The summed E-state index contributed by atoms with van der Waals surface area (Å²) in [6.45, 7) is 10.1. The number of rotatable bonds is 5. The Hall–Kier alpha value is -1.63. The first-order valence-electron chi connectivity index (χ1n) is 9.98. The SMILES string of the molecule is COc1ccc(N2CCN([C@H]3CCCN(Cc4cnc(C)s4)C3)CC2)cc1. The molecular formula is C21H30N4OS. The van der Waals surface area contributed by atoms with Crippen LogP contribution in [0.3, 0.4) is 0 Å². The molecule has 0 spiro atoms. The summed E-state index contributed by atoms with van der Waals surface area (Å²) in [5.74, 6) is 0.927. The van der Waals surface area contributed by atoms with E-state index in [0.29, 0.717) is 6.04 Å². The van der Waals surface area contributed by atoms with Gasteiger partial charge in [0, 0.05) is 62.1 Å². The number of thiazole rings is 1. The van der Waals surface area contributed by atoms with Crippen LogP contribution in [0.15, 0.2) is 30.5 Å². The van der Waals surface area contributed by atoms with E-state index in [9.17, 15) is 0 Å². The highest BCUT2D eigenvalue weighted by molar-refractivity contribution is 7.11. The van der Waals surface area contributed by atoms with E-state index in [-0.39, 0.29) is 0 Å². The lowest BCUT2D eigenvalue weighted by Gasteiger charge is -2.44. The summed E-state index contributed by atoms with van der Waals surface area (Å²) in [7, 11) is 1.72. The smallest absolute Gasteiger partial charge is 0.119 e. The van der Waals surface area contributed by atoms with Crippen molar-refractivity contribution in [2.24, 2.45) is 0 Å². The first kappa shape index (κ1) is 18.7. The fraction of sp³-hybridized carbons (Fsp3) is 0.571. The molecule has 0 bridgehead atoms. The molecule has 2 fully saturated rings. The number of nitrogens with zero attached hydrogens (tertiary/aromatic N) is 4. The van der Waals surface area contributed by atoms with Crippen molar-refractivity contribution in [1.29, 1.82) is 0 Å². The average molecular weight is 387 g/mol. The van der Waals surface area contributed by atoms with Crippen LogP contribution in [0.5, 0.6) is 5.75 Å². The molecular weight excluding hydrogens is 356 g/mol. The number of likely N-dealkylation sites (tertiary alicyclic amines) is 1. The maximum Gasteiger partial charge on any atom is 0.119 e. The Labute approximate surface area is 166 Å². The maximum absolute atomic E-state index is 5.27. The quantitative estimate of drug-likeness (QED) is 0.788. The Morgan fingerprint density at radius 3 is 2.56 bits per heavy atom. The molecule has 27 heavy (non-hydrogen) atoms. The predicted molar refractivity (Wildman–Crippen MR) is 112 cm³/mol. The van der Waals surface area contributed by atoms with Gasteiger partial charge in [0.2, 0.25) is 0 Å². The van der Waals surface area contributed by atoms with Crippen molar-refractivity contribution >= 4 is 17.0 Å². The van der Waals surface area contributed by atoms with Crippen LogP contribution in [0.1, 0.15) is 22.7 Å². The molecule has 2 aromatic rings. The first-order chi connectivity index (χ1) is 13.2.